The largest absolute Gasteiger partial charge is 0.416 e. The van der Waals surface area contributed by atoms with Crippen molar-refractivity contribution in [2.75, 3.05) is 55.3 Å². The van der Waals surface area contributed by atoms with E-state index in [-0.39, 0.29) is 5.91 Å². The van der Waals surface area contributed by atoms with Crippen LogP contribution in [0.2, 0.25) is 0 Å². The van der Waals surface area contributed by atoms with Crippen molar-refractivity contribution in [3.8, 4) is 0 Å². The van der Waals surface area contributed by atoms with Gasteiger partial charge in [0.25, 0.3) is 5.91 Å². The zero-order valence-electron chi connectivity index (χ0n) is 17.9. The minimum absolute atomic E-state index is 0.155. The highest BCUT2D eigenvalue weighted by Gasteiger charge is 2.31. The lowest BCUT2D eigenvalue weighted by atomic mass is 10.1. The molecule has 2 fully saturated rings. The number of thioether (sulfide) groups is 1. The number of likely N-dealkylation sites (N-methyl/N-ethyl adjacent to an activating group) is 1. The molecule has 4 rings (SSSR count). The highest BCUT2D eigenvalue weighted by Crippen LogP contribution is 2.33. The molecule has 1 amide bonds. The monoisotopic (exact) mass is 461 g/mol. The van der Waals surface area contributed by atoms with Gasteiger partial charge in [-0.05, 0) is 49.4 Å². The molecule has 2 aliphatic rings. The number of alkyl halides is 3. The lowest BCUT2D eigenvalue weighted by Crippen LogP contribution is -2.44. The number of rotatable bonds is 4. The lowest BCUT2D eigenvalue weighted by molar-refractivity contribution is -0.137. The van der Waals surface area contributed by atoms with Crippen LogP contribution in [0.15, 0.2) is 59.5 Å². The summed E-state index contributed by atoms with van der Waals surface area (Å²) >= 11 is 1.51. The van der Waals surface area contributed by atoms with Crippen LogP contribution in [-0.2, 0) is 17.4 Å². The van der Waals surface area contributed by atoms with Crippen molar-refractivity contribution in [2.45, 2.75) is 12.6 Å². The Hall–Kier alpha value is -2.45. The maximum atomic E-state index is 13.1. The van der Waals surface area contributed by atoms with E-state index in [1.165, 1.54) is 35.1 Å². The topological polar surface area (TPSA) is 26.8 Å². The number of anilines is 2. The van der Waals surface area contributed by atoms with E-state index in [1.807, 2.05) is 18.2 Å². The van der Waals surface area contributed by atoms with Crippen molar-refractivity contribution in [1.82, 2.24) is 4.90 Å². The Balaban J connectivity index is 1.49. The van der Waals surface area contributed by atoms with Gasteiger partial charge in [-0.3, -0.25) is 4.79 Å². The predicted molar refractivity (Wildman–Crippen MR) is 124 cm³/mol. The summed E-state index contributed by atoms with van der Waals surface area (Å²) in [6, 6.07) is 13.1. The molecule has 0 saturated carbocycles. The SMILES string of the molecule is CN1CCN(c2ccccc2CC=C2SCCN(c3ccc(C(F)(F)F)cc3)C2=O)CC1. The standard InChI is InChI=1S/C24H26F3N3OS/c1-28-12-14-29(15-13-28)21-5-3-2-4-18(21)6-11-22-23(31)30(16-17-32-22)20-9-7-19(8-10-20)24(25,26)27/h2-5,7-11H,6,12-17H2,1H3. The van der Waals surface area contributed by atoms with Crippen molar-refractivity contribution in [2.24, 2.45) is 0 Å². The number of halogens is 3. The molecule has 0 bridgehead atoms. The molecule has 8 heteroatoms. The zero-order valence-corrected chi connectivity index (χ0v) is 18.8. The summed E-state index contributed by atoms with van der Waals surface area (Å²) in [4.78, 5) is 20.0. The van der Waals surface area contributed by atoms with Gasteiger partial charge in [-0.2, -0.15) is 13.2 Å². The molecule has 2 saturated heterocycles. The third-order valence-electron chi connectivity index (χ3n) is 5.88. The highest BCUT2D eigenvalue weighted by molar-refractivity contribution is 8.04. The van der Waals surface area contributed by atoms with Gasteiger partial charge >= 0.3 is 6.18 Å². The minimum Gasteiger partial charge on any atom is -0.369 e. The first kappa shape index (κ1) is 22.7. The fourth-order valence-corrected chi connectivity index (χ4v) is 4.94. The van der Waals surface area contributed by atoms with E-state index in [0.717, 1.165) is 38.3 Å². The summed E-state index contributed by atoms with van der Waals surface area (Å²) in [5.74, 6) is 0.552. The van der Waals surface area contributed by atoms with Gasteiger partial charge in [0.15, 0.2) is 0 Å². The van der Waals surface area contributed by atoms with E-state index in [9.17, 15) is 18.0 Å². The molecule has 0 aliphatic carbocycles. The quantitative estimate of drug-likeness (QED) is 0.619. The van der Waals surface area contributed by atoms with Crippen molar-refractivity contribution in [3.63, 3.8) is 0 Å². The summed E-state index contributed by atoms with van der Waals surface area (Å²) in [6.07, 6.45) is -1.79. The molecule has 2 aromatic rings. The second kappa shape index (κ2) is 9.58. The number of carbonyl (C=O) groups is 1. The van der Waals surface area contributed by atoms with Crippen LogP contribution in [0.25, 0.3) is 0 Å². The van der Waals surface area contributed by atoms with Crippen LogP contribution in [0, 0.1) is 0 Å². The zero-order chi connectivity index (χ0) is 22.7. The number of carbonyl (C=O) groups excluding carboxylic acids is 1. The molecular weight excluding hydrogens is 435 g/mol. The Morgan fingerprint density at radius 2 is 1.66 bits per heavy atom. The van der Waals surface area contributed by atoms with Gasteiger partial charge in [-0.1, -0.05) is 24.3 Å². The van der Waals surface area contributed by atoms with E-state index >= 15 is 0 Å². The maximum absolute atomic E-state index is 13.1. The average molecular weight is 462 g/mol. The summed E-state index contributed by atoms with van der Waals surface area (Å²) in [5.41, 5.74) is 2.15. The number of piperazine rings is 1. The summed E-state index contributed by atoms with van der Waals surface area (Å²) in [7, 11) is 2.13. The smallest absolute Gasteiger partial charge is 0.369 e. The fraction of sp³-hybridized carbons (Fsp3) is 0.375. The van der Waals surface area contributed by atoms with Gasteiger partial charge < -0.3 is 14.7 Å². The fourth-order valence-electron chi connectivity index (χ4n) is 4.01. The van der Waals surface area contributed by atoms with Crippen LogP contribution in [0.4, 0.5) is 24.5 Å². The van der Waals surface area contributed by atoms with Gasteiger partial charge in [0.05, 0.1) is 10.5 Å². The minimum atomic E-state index is -4.39. The number of nitrogens with zero attached hydrogens (tertiary/aromatic N) is 3. The van der Waals surface area contributed by atoms with Crippen LogP contribution in [0.3, 0.4) is 0 Å². The first-order valence-corrected chi connectivity index (χ1v) is 11.6. The molecule has 2 heterocycles. The molecule has 0 atom stereocenters. The first-order chi connectivity index (χ1) is 15.3. The second-order valence-corrected chi connectivity index (χ2v) is 9.18. The van der Waals surface area contributed by atoms with Gasteiger partial charge in [0.2, 0.25) is 0 Å². The van der Waals surface area contributed by atoms with E-state index in [0.29, 0.717) is 29.3 Å². The molecule has 0 radical (unpaired) electrons. The molecule has 0 unspecified atom stereocenters. The lowest BCUT2D eigenvalue weighted by Gasteiger charge is -2.35. The molecule has 32 heavy (non-hydrogen) atoms. The van der Waals surface area contributed by atoms with Crippen molar-refractivity contribution in [1.29, 1.82) is 0 Å². The highest BCUT2D eigenvalue weighted by atomic mass is 32.2. The predicted octanol–water partition coefficient (Wildman–Crippen LogP) is 4.66. The number of hydrogen-bond acceptors (Lipinski definition) is 4. The number of hydrogen-bond donors (Lipinski definition) is 0. The Kier molecular flexibility index (Phi) is 6.81. The van der Waals surface area contributed by atoms with Crippen LogP contribution < -0.4 is 9.80 Å². The Bertz CT molecular complexity index is 983. The third-order valence-corrected chi connectivity index (χ3v) is 6.92. The molecular formula is C24H26F3N3OS. The molecule has 2 aliphatic heterocycles. The maximum Gasteiger partial charge on any atom is 0.416 e. The van der Waals surface area contributed by atoms with Gasteiger partial charge in [0, 0.05) is 49.9 Å². The Morgan fingerprint density at radius 1 is 0.969 bits per heavy atom. The summed E-state index contributed by atoms with van der Waals surface area (Å²) < 4.78 is 38.5. The first-order valence-electron chi connectivity index (χ1n) is 10.7. The molecule has 170 valence electrons. The van der Waals surface area contributed by atoms with E-state index in [2.05, 4.69) is 29.0 Å². The van der Waals surface area contributed by atoms with Crippen molar-refractivity contribution >= 4 is 29.0 Å². The van der Waals surface area contributed by atoms with Crippen LogP contribution in [0.5, 0.6) is 0 Å². The van der Waals surface area contributed by atoms with E-state index in [1.54, 1.807) is 4.90 Å². The Labute approximate surface area is 190 Å². The second-order valence-electron chi connectivity index (χ2n) is 8.04. The summed E-state index contributed by atoms with van der Waals surface area (Å²) in [5, 5.41) is 0. The molecule has 0 aromatic heterocycles. The summed E-state index contributed by atoms with van der Waals surface area (Å²) in [6.45, 7) is 4.46. The third kappa shape index (κ3) is 5.13. The average Bonchev–Trinajstić information content (AvgIpc) is 2.79. The number of amides is 1. The van der Waals surface area contributed by atoms with Crippen LogP contribution in [-0.4, -0.2) is 56.3 Å². The van der Waals surface area contributed by atoms with Gasteiger partial charge in [-0.25, -0.2) is 0 Å². The number of benzene rings is 2. The molecule has 4 nitrogen and oxygen atoms in total. The number of allylic oxidation sites excluding steroid dienone is 1. The van der Waals surface area contributed by atoms with Crippen LogP contribution in [0.1, 0.15) is 11.1 Å². The molecule has 2 aromatic carbocycles. The van der Waals surface area contributed by atoms with E-state index < -0.39 is 11.7 Å². The van der Waals surface area contributed by atoms with Crippen molar-refractivity contribution < 1.29 is 18.0 Å². The van der Waals surface area contributed by atoms with Gasteiger partial charge in [-0.15, -0.1) is 11.8 Å². The number of para-hydroxylation sites is 1. The molecule has 0 spiro atoms. The normalized spacial score (nSPS) is 19.6. The van der Waals surface area contributed by atoms with Gasteiger partial charge in [0.1, 0.15) is 0 Å². The van der Waals surface area contributed by atoms with E-state index in [4.69, 9.17) is 0 Å². The van der Waals surface area contributed by atoms with Crippen molar-refractivity contribution in [3.05, 3.63) is 70.6 Å². The Morgan fingerprint density at radius 3 is 2.34 bits per heavy atom. The van der Waals surface area contributed by atoms with Crippen LogP contribution >= 0.6 is 11.8 Å². The molecule has 0 N–H and O–H groups in total.